The number of anilines is 1. The second kappa shape index (κ2) is 9.71. The summed E-state index contributed by atoms with van der Waals surface area (Å²) >= 11 is 0. The van der Waals surface area contributed by atoms with Gasteiger partial charge in [-0.1, -0.05) is 37.5 Å². The lowest BCUT2D eigenvalue weighted by Crippen LogP contribution is -2.42. The van der Waals surface area contributed by atoms with Crippen molar-refractivity contribution in [1.82, 2.24) is 0 Å². The lowest BCUT2D eigenvalue weighted by Gasteiger charge is -2.29. The predicted molar refractivity (Wildman–Crippen MR) is 127 cm³/mol. The first-order valence-corrected chi connectivity index (χ1v) is 12.8. The molecule has 0 radical (unpaired) electrons. The number of hydrogen-bond donors (Lipinski definition) is 2. The van der Waals surface area contributed by atoms with Crippen molar-refractivity contribution in [1.29, 1.82) is 0 Å². The smallest absolute Gasteiger partial charge is 0.350 e. The van der Waals surface area contributed by atoms with Crippen LogP contribution in [-0.4, -0.2) is 30.7 Å². The molecule has 1 saturated carbocycles. The SMILES string of the molecule is CC1(C)OC(=O)C(=CNc2ccc(S(=O)(=O)O)cc2Oc2ccccc2C2CCCCC2)C(=O)O1. The van der Waals surface area contributed by atoms with Gasteiger partial charge < -0.3 is 19.5 Å². The third kappa shape index (κ3) is 5.83. The van der Waals surface area contributed by atoms with E-state index >= 15 is 0 Å². The summed E-state index contributed by atoms with van der Waals surface area (Å²) in [5.41, 5.74) is 0.904. The molecule has 0 spiro atoms. The van der Waals surface area contributed by atoms with E-state index in [2.05, 4.69) is 5.32 Å². The minimum atomic E-state index is -4.50. The Bertz CT molecular complexity index is 1250. The molecule has 1 aliphatic heterocycles. The molecule has 2 N–H and O–H groups in total. The van der Waals surface area contributed by atoms with Crippen molar-refractivity contribution in [3.05, 3.63) is 59.8 Å². The van der Waals surface area contributed by atoms with Crippen LogP contribution in [0.2, 0.25) is 0 Å². The molecule has 9 nitrogen and oxygen atoms in total. The quantitative estimate of drug-likeness (QED) is 0.246. The Morgan fingerprint density at radius 1 is 1.00 bits per heavy atom. The summed E-state index contributed by atoms with van der Waals surface area (Å²) < 4.78 is 49.4. The van der Waals surface area contributed by atoms with Gasteiger partial charge in [0.05, 0.1) is 10.6 Å². The van der Waals surface area contributed by atoms with Crippen molar-refractivity contribution in [2.45, 2.75) is 62.6 Å². The Morgan fingerprint density at radius 2 is 1.66 bits per heavy atom. The van der Waals surface area contributed by atoms with Crippen molar-refractivity contribution in [2.75, 3.05) is 5.32 Å². The molecular weight excluding hydrogens is 474 g/mol. The van der Waals surface area contributed by atoms with Gasteiger partial charge in [-0.25, -0.2) is 9.59 Å². The van der Waals surface area contributed by atoms with E-state index in [1.807, 2.05) is 18.2 Å². The number of carbonyl (C=O) groups is 2. The normalized spacial score (nSPS) is 18.4. The number of rotatable bonds is 6. The lowest BCUT2D eigenvalue weighted by atomic mass is 9.84. The second-order valence-electron chi connectivity index (χ2n) is 8.99. The van der Waals surface area contributed by atoms with Crippen molar-refractivity contribution >= 4 is 27.7 Å². The zero-order valence-corrected chi connectivity index (χ0v) is 20.3. The van der Waals surface area contributed by atoms with Gasteiger partial charge in [0, 0.05) is 26.1 Å². The molecule has 186 valence electrons. The largest absolute Gasteiger partial charge is 0.455 e. The van der Waals surface area contributed by atoms with Gasteiger partial charge in [-0.3, -0.25) is 4.55 Å². The van der Waals surface area contributed by atoms with E-state index in [0.717, 1.165) is 37.4 Å². The Morgan fingerprint density at radius 3 is 2.31 bits per heavy atom. The molecule has 0 unspecified atom stereocenters. The van der Waals surface area contributed by atoms with Crippen LogP contribution in [0.1, 0.15) is 57.4 Å². The van der Waals surface area contributed by atoms with Crippen molar-refractivity contribution in [3.63, 3.8) is 0 Å². The third-order valence-corrected chi connectivity index (χ3v) is 6.77. The van der Waals surface area contributed by atoms with Crippen LogP contribution in [0.4, 0.5) is 5.69 Å². The second-order valence-corrected chi connectivity index (χ2v) is 10.4. The Balaban J connectivity index is 1.68. The molecule has 4 rings (SSSR count). The number of nitrogens with one attached hydrogen (secondary N) is 1. The monoisotopic (exact) mass is 501 g/mol. The molecule has 0 atom stereocenters. The maximum Gasteiger partial charge on any atom is 0.350 e. The van der Waals surface area contributed by atoms with Gasteiger partial charge in [-0.05, 0) is 42.5 Å². The number of cyclic esters (lactones) is 2. The van der Waals surface area contributed by atoms with Gasteiger partial charge in [0.25, 0.3) is 15.9 Å². The minimum absolute atomic E-state index is 0.0816. The average Bonchev–Trinajstić information content (AvgIpc) is 2.79. The maximum atomic E-state index is 12.2. The van der Waals surface area contributed by atoms with E-state index in [9.17, 15) is 22.6 Å². The fraction of sp³-hybridized carbons (Fsp3) is 0.360. The van der Waals surface area contributed by atoms with Crippen LogP contribution in [0.25, 0.3) is 0 Å². The summed E-state index contributed by atoms with van der Waals surface area (Å²) in [5, 5.41) is 2.80. The summed E-state index contributed by atoms with van der Waals surface area (Å²) in [5.74, 6) is -2.14. The van der Waals surface area contributed by atoms with Gasteiger partial charge in [-0.2, -0.15) is 8.42 Å². The first-order chi connectivity index (χ1) is 16.5. The summed E-state index contributed by atoms with van der Waals surface area (Å²) in [4.78, 5) is 24.1. The topological polar surface area (TPSA) is 128 Å². The van der Waals surface area contributed by atoms with Gasteiger partial charge in [0.2, 0.25) is 0 Å². The summed E-state index contributed by atoms with van der Waals surface area (Å²) in [7, 11) is -4.50. The van der Waals surface area contributed by atoms with E-state index in [0.29, 0.717) is 11.7 Å². The Kier molecular flexibility index (Phi) is 6.86. The lowest BCUT2D eigenvalue weighted by molar-refractivity contribution is -0.222. The van der Waals surface area contributed by atoms with Gasteiger partial charge in [0.1, 0.15) is 5.75 Å². The van der Waals surface area contributed by atoms with Crippen molar-refractivity contribution in [3.8, 4) is 11.5 Å². The molecule has 10 heteroatoms. The number of hydrogen-bond acceptors (Lipinski definition) is 8. The van der Waals surface area contributed by atoms with E-state index in [1.165, 1.54) is 38.5 Å². The zero-order valence-electron chi connectivity index (χ0n) is 19.4. The van der Waals surface area contributed by atoms with Crippen LogP contribution in [0.15, 0.2) is 59.1 Å². The number of benzene rings is 2. The standard InChI is InChI=1S/C25H27NO8S/c1-25(2)33-23(27)19(24(28)34-25)15-26-20-13-12-17(35(29,30)31)14-22(20)32-21-11-7-6-10-18(21)16-8-4-3-5-9-16/h6-7,10-16,26H,3-5,8-9H2,1-2H3,(H,29,30,31). The molecule has 1 saturated heterocycles. The van der Waals surface area contributed by atoms with Crippen LogP contribution in [0.5, 0.6) is 11.5 Å². The van der Waals surface area contributed by atoms with Crippen LogP contribution >= 0.6 is 0 Å². The number of para-hydroxylation sites is 1. The third-order valence-electron chi connectivity index (χ3n) is 5.92. The van der Waals surface area contributed by atoms with E-state index in [-0.39, 0.29) is 21.9 Å². The van der Waals surface area contributed by atoms with Crippen LogP contribution in [0, 0.1) is 0 Å². The molecule has 2 aromatic rings. The Hall–Kier alpha value is -3.37. The average molecular weight is 502 g/mol. The molecule has 1 heterocycles. The predicted octanol–water partition coefficient (Wildman–Crippen LogP) is 4.91. The summed E-state index contributed by atoms with van der Waals surface area (Å²) in [6.45, 7) is 2.88. The van der Waals surface area contributed by atoms with Crippen LogP contribution < -0.4 is 10.1 Å². The highest BCUT2D eigenvalue weighted by molar-refractivity contribution is 7.85. The molecule has 1 aliphatic carbocycles. The molecule has 35 heavy (non-hydrogen) atoms. The van der Waals surface area contributed by atoms with Crippen LogP contribution in [0.3, 0.4) is 0 Å². The van der Waals surface area contributed by atoms with Gasteiger partial charge >= 0.3 is 11.9 Å². The zero-order chi connectivity index (χ0) is 25.2. The molecule has 2 aliphatic rings. The van der Waals surface area contributed by atoms with E-state index in [4.69, 9.17) is 14.2 Å². The van der Waals surface area contributed by atoms with Gasteiger partial charge in [-0.15, -0.1) is 0 Å². The fourth-order valence-corrected chi connectivity index (χ4v) is 4.73. The maximum absolute atomic E-state index is 12.2. The van der Waals surface area contributed by atoms with Crippen molar-refractivity contribution in [2.24, 2.45) is 0 Å². The Labute approximate surface area is 203 Å². The first kappa shape index (κ1) is 24.7. The molecule has 2 aromatic carbocycles. The van der Waals surface area contributed by atoms with Crippen LogP contribution in [-0.2, 0) is 29.2 Å². The molecule has 0 amide bonds. The number of ether oxygens (including phenoxy) is 3. The number of esters is 2. The molecule has 0 aromatic heterocycles. The molecule has 2 fully saturated rings. The highest BCUT2D eigenvalue weighted by Crippen LogP contribution is 2.40. The highest BCUT2D eigenvalue weighted by Gasteiger charge is 2.39. The van der Waals surface area contributed by atoms with E-state index in [1.54, 1.807) is 6.07 Å². The highest BCUT2D eigenvalue weighted by atomic mass is 32.2. The first-order valence-electron chi connectivity index (χ1n) is 11.4. The molecule has 0 bridgehead atoms. The van der Waals surface area contributed by atoms with E-state index < -0.39 is 27.8 Å². The fourth-order valence-electron chi connectivity index (χ4n) is 4.24. The summed E-state index contributed by atoms with van der Waals surface area (Å²) in [6.07, 6.45) is 6.62. The number of carbonyl (C=O) groups excluding carboxylic acids is 2. The molecular formula is C25H27NO8S. The summed E-state index contributed by atoms with van der Waals surface area (Å²) in [6, 6.07) is 11.2. The van der Waals surface area contributed by atoms with Crippen molar-refractivity contribution < 1.29 is 36.8 Å². The minimum Gasteiger partial charge on any atom is -0.455 e. The van der Waals surface area contributed by atoms with Gasteiger partial charge in [0.15, 0.2) is 11.3 Å².